The Balaban J connectivity index is 2.36. The van der Waals surface area contributed by atoms with Gasteiger partial charge in [-0.2, -0.15) is 13.2 Å². The molecule has 0 amide bonds. The second-order valence-electron chi connectivity index (χ2n) is 4.43. The predicted molar refractivity (Wildman–Crippen MR) is 72.2 cm³/mol. The van der Waals surface area contributed by atoms with Gasteiger partial charge in [-0.1, -0.05) is 30.3 Å². The van der Waals surface area contributed by atoms with Gasteiger partial charge in [0, 0.05) is 0 Å². The summed E-state index contributed by atoms with van der Waals surface area (Å²) < 4.78 is 68.7. The molecule has 0 fully saturated rings. The molecule has 2 aromatic rings. The number of rotatable bonds is 4. The van der Waals surface area contributed by atoms with E-state index < -0.39 is 31.3 Å². The first-order valence-corrected chi connectivity index (χ1v) is 7.67. The number of hydrogen-bond donors (Lipinski definition) is 1. The lowest BCUT2D eigenvalue weighted by atomic mass is 10.1. The minimum absolute atomic E-state index is 0.258. The van der Waals surface area contributed by atoms with Crippen molar-refractivity contribution in [2.24, 2.45) is 0 Å². The van der Waals surface area contributed by atoms with Crippen molar-refractivity contribution >= 4 is 12.9 Å². The molecule has 118 valence electrons. The summed E-state index contributed by atoms with van der Waals surface area (Å²) in [7, 11) is -4.69. The Morgan fingerprint density at radius 2 is 1.55 bits per heavy atom. The lowest BCUT2D eigenvalue weighted by Gasteiger charge is -2.24. The molecule has 8 heteroatoms. The van der Waals surface area contributed by atoms with E-state index in [-0.39, 0.29) is 5.30 Å². The normalized spacial score (nSPS) is 16.0. The highest BCUT2D eigenvalue weighted by Gasteiger charge is 2.46. The molecule has 0 radical (unpaired) electrons. The summed E-state index contributed by atoms with van der Waals surface area (Å²) in [4.78, 5) is 9.79. The number of benzene rings is 2. The van der Waals surface area contributed by atoms with Gasteiger partial charge in [0.2, 0.25) is 0 Å². The van der Waals surface area contributed by atoms with Crippen LogP contribution in [0.1, 0.15) is 11.7 Å². The standard InChI is InChI=1S/C14H11F4O3P/c15-11-8-6-10(7-9-11)13(14(16,17)18)21-22(19,20)12-4-2-1-3-5-12/h1-9,13H,(H,19,20)/t13-/m0/s1. The molecular weight excluding hydrogens is 323 g/mol. The summed E-state index contributed by atoms with van der Waals surface area (Å²) in [5.41, 5.74) is -0.459. The second-order valence-corrected chi connectivity index (χ2v) is 6.20. The predicted octanol–water partition coefficient (Wildman–Crippen LogP) is 3.96. The second kappa shape index (κ2) is 6.20. The number of alkyl halides is 3. The first kappa shape index (κ1) is 16.7. The molecule has 0 spiro atoms. The maximum absolute atomic E-state index is 13.1. The van der Waals surface area contributed by atoms with E-state index in [4.69, 9.17) is 0 Å². The zero-order valence-electron chi connectivity index (χ0n) is 11.0. The van der Waals surface area contributed by atoms with E-state index in [1.54, 1.807) is 6.07 Å². The Kier molecular flexibility index (Phi) is 4.70. The van der Waals surface area contributed by atoms with Gasteiger partial charge in [0.05, 0.1) is 5.30 Å². The highest BCUT2D eigenvalue weighted by molar-refractivity contribution is 7.61. The summed E-state index contributed by atoms with van der Waals surface area (Å²) in [6.07, 6.45) is -7.56. The molecule has 3 nitrogen and oxygen atoms in total. The van der Waals surface area contributed by atoms with Gasteiger partial charge in [-0.25, -0.2) is 4.39 Å². The third-order valence-corrected chi connectivity index (χ3v) is 4.25. The van der Waals surface area contributed by atoms with Crippen molar-refractivity contribution in [2.75, 3.05) is 0 Å². The Bertz CT molecular complexity index is 671. The van der Waals surface area contributed by atoms with E-state index in [1.165, 1.54) is 24.3 Å². The van der Waals surface area contributed by atoms with Crippen LogP contribution in [0.15, 0.2) is 54.6 Å². The van der Waals surface area contributed by atoms with E-state index in [0.717, 1.165) is 24.3 Å². The molecule has 2 aromatic carbocycles. The third-order valence-electron chi connectivity index (χ3n) is 2.80. The van der Waals surface area contributed by atoms with Crippen LogP contribution in [-0.2, 0) is 9.09 Å². The highest BCUT2D eigenvalue weighted by atomic mass is 31.2. The highest BCUT2D eigenvalue weighted by Crippen LogP contribution is 2.50. The van der Waals surface area contributed by atoms with Gasteiger partial charge in [-0.3, -0.25) is 9.09 Å². The molecule has 0 aliphatic heterocycles. The van der Waals surface area contributed by atoms with Crippen LogP contribution in [0.5, 0.6) is 0 Å². The maximum Gasteiger partial charge on any atom is 0.419 e. The molecule has 1 unspecified atom stereocenters. The summed E-state index contributed by atoms with van der Waals surface area (Å²) >= 11 is 0. The number of hydrogen-bond acceptors (Lipinski definition) is 2. The number of halogens is 4. The Labute approximate surface area is 123 Å². The van der Waals surface area contributed by atoms with Gasteiger partial charge in [0.15, 0.2) is 6.10 Å². The van der Waals surface area contributed by atoms with Gasteiger partial charge in [0.25, 0.3) is 0 Å². The fraction of sp³-hybridized carbons (Fsp3) is 0.143. The van der Waals surface area contributed by atoms with Gasteiger partial charge in [-0.05, 0) is 29.8 Å². The van der Waals surface area contributed by atoms with Crippen LogP contribution in [0, 0.1) is 5.82 Å². The van der Waals surface area contributed by atoms with Gasteiger partial charge < -0.3 is 4.89 Å². The maximum atomic E-state index is 13.1. The van der Waals surface area contributed by atoms with Crippen LogP contribution < -0.4 is 5.30 Å². The van der Waals surface area contributed by atoms with E-state index in [2.05, 4.69) is 4.52 Å². The van der Waals surface area contributed by atoms with Crippen molar-refractivity contribution in [3.63, 3.8) is 0 Å². The zero-order chi connectivity index (χ0) is 16.4. The van der Waals surface area contributed by atoms with Crippen LogP contribution in [0.25, 0.3) is 0 Å². The lowest BCUT2D eigenvalue weighted by molar-refractivity contribution is -0.199. The van der Waals surface area contributed by atoms with Crippen molar-refractivity contribution in [3.8, 4) is 0 Å². The lowest BCUT2D eigenvalue weighted by Crippen LogP contribution is -2.24. The third kappa shape index (κ3) is 3.94. The average molecular weight is 334 g/mol. The molecule has 1 N–H and O–H groups in total. The van der Waals surface area contributed by atoms with Crippen LogP contribution in [0.3, 0.4) is 0 Å². The molecule has 0 aromatic heterocycles. The fourth-order valence-electron chi connectivity index (χ4n) is 1.77. The Morgan fingerprint density at radius 3 is 2.05 bits per heavy atom. The Morgan fingerprint density at radius 1 is 1.00 bits per heavy atom. The average Bonchev–Trinajstić information content (AvgIpc) is 2.46. The summed E-state index contributed by atoms with van der Waals surface area (Å²) in [5.74, 6) is -0.722. The molecule has 0 bridgehead atoms. The zero-order valence-corrected chi connectivity index (χ0v) is 11.9. The van der Waals surface area contributed by atoms with E-state index >= 15 is 0 Å². The van der Waals surface area contributed by atoms with Gasteiger partial charge in [-0.15, -0.1) is 0 Å². The quantitative estimate of drug-likeness (QED) is 0.680. The van der Waals surface area contributed by atoms with Crippen molar-refractivity contribution in [2.45, 2.75) is 12.3 Å². The van der Waals surface area contributed by atoms with Crippen molar-refractivity contribution in [3.05, 3.63) is 66.0 Å². The molecule has 0 saturated carbocycles. The van der Waals surface area contributed by atoms with Gasteiger partial charge in [0.1, 0.15) is 5.82 Å². The smallest absolute Gasteiger partial charge is 0.321 e. The van der Waals surface area contributed by atoms with E-state index in [9.17, 15) is 27.0 Å². The summed E-state index contributed by atoms with van der Waals surface area (Å²) in [5, 5.41) is -0.258. The van der Waals surface area contributed by atoms with Crippen molar-refractivity contribution < 1.29 is 31.5 Å². The molecule has 0 saturated heterocycles. The Hall–Kier alpha value is -1.69. The molecule has 2 rings (SSSR count). The monoisotopic (exact) mass is 334 g/mol. The fourth-order valence-corrected chi connectivity index (χ4v) is 2.96. The van der Waals surface area contributed by atoms with Crippen LogP contribution >= 0.6 is 7.60 Å². The minimum atomic E-state index is -4.93. The molecule has 0 heterocycles. The van der Waals surface area contributed by atoms with Crippen molar-refractivity contribution in [1.29, 1.82) is 0 Å². The first-order valence-electron chi connectivity index (χ1n) is 6.09. The summed E-state index contributed by atoms with van der Waals surface area (Å²) in [6.45, 7) is 0. The van der Waals surface area contributed by atoms with E-state index in [0.29, 0.717) is 0 Å². The molecule has 0 aliphatic carbocycles. The van der Waals surface area contributed by atoms with E-state index in [1.807, 2.05) is 0 Å². The SMILES string of the molecule is O=P(O)(O[C@@H](c1ccc(F)cc1)C(F)(F)F)c1ccccc1. The first-order chi connectivity index (χ1) is 10.2. The molecule has 2 atom stereocenters. The van der Waals surface area contributed by atoms with Crippen molar-refractivity contribution in [1.82, 2.24) is 0 Å². The molecule has 22 heavy (non-hydrogen) atoms. The summed E-state index contributed by atoms with van der Waals surface area (Å²) in [6, 6.07) is 10.1. The molecular formula is C14H11F4O3P. The minimum Gasteiger partial charge on any atom is -0.321 e. The van der Waals surface area contributed by atoms with Gasteiger partial charge >= 0.3 is 13.8 Å². The topological polar surface area (TPSA) is 46.5 Å². The molecule has 0 aliphatic rings. The largest absolute Gasteiger partial charge is 0.419 e. The van der Waals surface area contributed by atoms with Crippen LogP contribution in [0.4, 0.5) is 17.6 Å². The van der Waals surface area contributed by atoms with Crippen LogP contribution in [0.2, 0.25) is 0 Å². The van der Waals surface area contributed by atoms with Crippen LogP contribution in [-0.4, -0.2) is 11.1 Å².